The first-order valence-corrected chi connectivity index (χ1v) is 22.0. The Hall–Kier alpha value is -7.92. The van der Waals surface area contributed by atoms with Gasteiger partial charge in [-0.1, -0.05) is 121 Å². The third-order valence-electron chi connectivity index (χ3n) is 12.6. The van der Waals surface area contributed by atoms with E-state index in [4.69, 9.17) is 0 Å². The molecule has 13 aromatic rings. The number of hydrogen-bond donors (Lipinski definition) is 0. The second-order valence-electron chi connectivity index (χ2n) is 16.1. The van der Waals surface area contributed by atoms with Crippen LogP contribution in [0.1, 0.15) is 0 Å². The molecular weight excluding hydrogens is 771 g/mol. The molecule has 0 fully saturated rings. The number of thiophene rings is 1. The highest BCUT2D eigenvalue weighted by Gasteiger charge is 2.20. The molecule has 0 aliphatic heterocycles. The van der Waals surface area contributed by atoms with Crippen molar-refractivity contribution in [1.29, 1.82) is 0 Å². The van der Waals surface area contributed by atoms with Gasteiger partial charge in [0.05, 0.1) is 22.1 Å². The number of hydrogen-bond acceptors (Lipinski definition) is 2. The van der Waals surface area contributed by atoms with Gasteiger partial charge in [-0.05, 0) is 125 Å². The number of para-hydroxylation sites is 4. The molecule has 0 aliphatic carbocycles. The van der Waals surface area contributed by atoms with Crippen LogP contribution in [0.25, 0.3) is 97.1 Å². The summed E-state index contributed by atoms with van der Waals surface area (Å²) in [6, 6.07) is 82.2. The van der Waals surface area contributed by atoms with E-state index in [0.717, 1.165) is 34.0 Å². The molecule has 0 radical (unpaired) electrons. The zero-order chi connectivity index (χ0) is 40.7. The fraction of sp³-hybridized carbons (Fsp3) is 0. The lowest BCUT2D eigenvalue weighted by molar-refractivity contribution is 1.18. The van der Waals surface area contributed by atoms with Crippen molar-refractivity contribution in [2.75, 3.05) is 4.90 Å². The van der Waals surface area contributed by atoms with E-state index >= 15 is 0 Å². The predicted molar refractivity (Wildman–Crippen MR) is 266 cm³/mol. The normalized spacial score (nSPS) is 11.9. The van der Waals surface area contributed by atoms with Crippen molar-refractivity contribution < 1.29 is 0 Å². The summed E-state index contributed by atoms with van der Waals surface area (Å²) in [4.78, 5) is 2.39. The molecule has 0 spiro atoms. The maximum absolute atomic E-state index is 2.44. The molecule has 0 amide bonds. The van der Waals surface area contributed by atoms with Crippen LogP contribution in [0.15, 0.2) is 224 Å². The molecule has 3 nitrogen and oxygen atoms in total. The topological polar surface area (TPSA) is 13.1 Å². The van der Waals surface area contributed by atoms with E-state index < -0.39 is 0 Å². The summed E-state index contributed by atoms with van der Waals surface area (Å²) in [6.45, 7) is 0. The molecule has 0 atom stereocenters. The third-order valence-corrected chi connectivity index (χ3v) is 13.8. The molecular formula is C58H37N3S. The molecule has 0 saturated heterocycles. The van der Waals surface area contributed by atoms with Gasteiger partial charge in [-0.25, -0.2) is 0 Å². The van der Waals surface area contributed by atoms with Gasteiger partial charge in [0, 0.05) is 70.2 Å². The summed E-state index contributed by atoms with van der Waals surface area (Å²) >= 11 is 1.88. The molecule has 10 aromatic carbocycles. The Labute approximate surface area is 362 Å². The van der Waals surface area contributed by atoms with Gasteiger partial charge in [-0.2, -0.15) is 0 Å². The monoisotopic (exact) mass is 807 g/mol. The first kappa shape index (κ1) is 34.9. The van der Waals surface area contributed by atoms with E-state index in [-0.39, 0.29) is 0 Å². The molecule has 0 unspecified atom stereocenters. The van der Waals surface area contributed by atoms with Crippen molar-refractivity contribution in [3.63, 3.8) is 0 Å². The molecule has 3 heterocycles. The SMILES string of the molecule is c1ccc(N(c2cccc(-c3ccc4c(c3)c3c5cc6c(cc5ccc3n4-c3ccccc3)sc3ccccc36)c2)c2ccc3c4ccccc4n(-c4ccccc4)c3c2)cc1. The van der Waals surface area contributed by atoms with Gasteiger partial charge in [0.15, 0.2) is 0 Å². The minimum absolute atomic E-state index is 1.10. The standard InChI is InChI=1S/C58H37N3S/c1-4-16-41(17-5-1)59(45-29-30-47-46-23-10-12-25-52(46)61(55(47)36-45)43-20-8-3-9-21-43)44-22-14-15-38(33-44)39-27-31-53-51(34-39)58-49-37-50-48-24-11-13-26-56(48)62-57(50)35-40(49)28-32-54(58)60(53)42-18-6-2-7-19-42/h1-37H. The summed E-state index contributed by atoms with van der Waals surface area (Å²) in [5, 5.41) is 10.2. The van der Waals surface area contributed by atoms with Crippen LogP contribution in [0, 0.1) is 0 Å². The van der Waals surface area contributed by atoms with Gasteiger partial charge in [0.25, 0.3) is 0 Å². The number of nitrogens with zero attached hydrogens (tertiary/aromatic N) is 3. The van der Waals surface area contributed by atoms with Crippen LogP contribution < -0.4 is 4.90 Å². The number of benzene rings is 10. The van der Waals surface area contributed by atoms with Crippen molar-refractivity contribution >= 4 is 103 Å². The van der Waals surface area contributed by atoms with Crippen molar-refractivity contribution in [2.24, 2.45) is 0 Å². The van der Waals surface area contributed by atoms with E-state index in [1.165, 1.54) is 80.1 Å². The van der Waals surface area contributed by atoms with Crippen LogP contribution in [0.2, 0.25) is 0 Å². The van der Waals surface area contributed by atoms with Crippen molar-refractivity contribution in [2.45, 2.75) is 0 Å². The van der Waals surface area contributed by atoms with Gasteiger partial charge < -0.3 is 14.0 Å². The summed E-state index contributed by atoms with van der Waals surface area (Å²) in [5.74, 6) is 0. The molecule has 0 bridgehead atoms. The lowest BCUT2D eigenvalue weighted by atomic mass is 9.98. The number of anilines is 3. The van der Waals surface area contributed by atoms with Crippen LogP contribution in [-0.4, -0.2) is 9.13 Å². The number of rotatable bonds is 6. The lowest BCUT2D eigenvalue weighted by Gasteiger charge is -2.26. The highest BCUT2D eigenvalue weighted by Crippen LogP contribution is 2.44. The highest BCUT2D eigenvalue weighted by atomic mass is 32.1. The fourth-order valence-electron chi connectivity index (χ4n) is 9.90. The van der Waals surface area contributed by atoms with Crippen LogP contribution >= 0.6 is 11.3 Å². The summed E-state index contributed by atoms with van der Waals surface area (Å²) in [7, 11) is 0. The lowest BCUT2D eigenvalue weighted by Crippen LogP contribution is -2.10. The Morgan fingerprint density at radius 2 is 0.919 bits per heavy atom. The molecule has 62 heavy (non-hydrogen) atoms. The van der Waals surface area contributed by atoms with E-state index in [1.807, 2.05) is 11.3 Å². The van der Waals surface area contributed by atoms with Crippen molar-refractivity contribution in [1.82, 2.24) is 9.13 Å². The van der Waals surface area contributed by atoms with E-state index in [2.05, 4.69) is 238 Å². The molecule has 0 N–H and O–H groups in total. The Morgan fingerprint density at radius 3 is 1.73 bits per heavy atom. The molecule has 3 aromatic heterocycles. The van der Waals surface area contributed by atoms with Gasteiger partial charge in [0.2, 0.25) is 0 Å². The first-order chi connectivity index (χ1) is 30.7. The summed E-state index contributed by atoms with van der Waals surface area (Å²) in [5.41, 5.74) is 12.7. The van der Waals surface area contributed by atoms with E-state index in [1.54, 1.807) is 0 Å². The minimum Gasteiger partial charge on any atom is -0.310 e. The number of aromatic nitrogens is 2. The Morgan fingerprint density at radius 1 is 0.306 bits per heavy atom. The zero-order valence-electron chi connectivity index (χ0n) is 33.6. The van der Waals surface area contributed by atoms with Crippen LogP contribution in [0.3, 0.4) is 0 Å². The first-order valence-electron chi connectivity index (χ1n) is 21.2. The Bertz CT molecular complexity index is 3860. The summed E-state index contributed by atoms with van der Waals surface area (Å²) < 4.78 is 7.48. The zero-order valence-corrected chi connectivity index (χ0v) is 34.4. The van der Waals surface area contributed by atoms with Crippen LogP contribution in [0.5, 0.6) is 0 Å². The average molecular weight is 808 g/mol. The Kier molecular flexibility index (Phi) is 7.78. The van der Waals surface area contributed by atoms with Gasteiger partial charge >= 0.3 is 0 Å². The highest BCUT2D eigenvalue weighted by molar-refractivity contribution is 7.25. The smallest absolute Gasteiger partial charge is 0.0561 e. The van der Waals surface area contributed by atoms with Crippen LogP contribution in [0.4, 0.5) is 17.1 Å². The van der Waals surface area contributed by atoms with E-state index in [9.17, 15) is 0 Å². The number of fused-ring (bicyclic) bond motifs is 11. The second-order valence-corrected chi connectivity index (χ2v) is 17.2. The van der Waals surface area contributed by atoms with Gasteiger partial charge in [-0.3, -0.25) is 0 Å². The second kappa shape index (κ2) is 13.8. The predicted octanol–water partition coefficient (Wildman–Crippen LogP) is 16.5. The third kappa shape index (κ3) is 5.37. The fourth-order valence-corrected chi connectivity index (χ4v) is 11.0. The average Bonchev–Trinajstić information content (AvgIpc) is 3.99. The molecule has 0 aliphatic rings. The molecule has 290 valence electrons. The maximum Gasteiger partial charge on any atom is 0.0561 e. The van der Waals surface area contributed by atoms with Gasteiger partial charge in [-0.15, -0.1) is 11.3 Å². The maximum atomic E-state index is 2.44. The minimum atomic E-state index is 1.10. The van der Waals surface area contributed by atoms with Crippen LogP contribution in [-0.2, 0) is 0 Å². The van der Waals surface area contributed by atoms with E-state index in [0.29, 0.717) is 0 Å². The molecule has 0 saturated carbocycles. The van der Waals surface area contributed by atoms with Crippen molar-refractivity contribution in [3.8, 4) is 22.5 Å². The summed E-state index contributed by atoms with van der Waals surface area (Å²) in [6.07, 6.45) is 0. The largest absolute Gasteiger partial charge is 0.310 e. The van der Waals surface area contributed by atoms with Gasteiger partial charge in [0.1, 0.15) is 0 Å². The Balaban J connectivity index is 1.02. The quantitative estimate of drug-likeness (QED) is 0.163. The molecule has 13 rings (SSSR count). The van der Waals surface area contributed by atoms with Crippen molar-refractivity contribution in [3.05, 3.63) is 224 Å². The molecule has 4 heteroatoms.